The lowest BCUT2D eigenvalue weighted by atomic mass is 10.1. The van der Waals surface area contributed by atoms with E-state index >= 15 is 0 Å². The topological polar surface area (TPSA) is 72.2 Å². The zero-order valence-corrected chi connectivity index (χ0v) is 15.4. The van der Waals surface area contributed by atoms with Crippen LogP contribution < -0.4 is 5.32 Å². The van der Waals surface area contributed by atoms with Gasteiger partial charge in [0.05, 0.1) is 11.4 Å². The van der Waals surface area contributed by atoms with Gasteiger partial charge in [0, 0.05) is 5.56 Å². The van der Waals surface area contributed by atoms with E-state index in [4.69, 9.17) is 0 Å². The molecule has 1 N–H and O–H groups in total. The highest BCUT2D eigenvalue weighted by Gasteiger charge is 2.36. The Morgan fingerprint density at radius 1 is 1.03 bits per heavy atom. The first-order valence-corrected chi connectivity index (χ1v) is 8.70. The summed E-state index contributed by atoms with van der Waals surface area (Å²) in [5.41, 5.74) is 0.133. The molecule has 4 aromatic rings. The van der Waals surface area contributed by atoms with Gasteiger partial charge in [-0.25, -0.2) is 9.37 Å². The van der Waals surface area contributed by atoms with Crippen LogP contribution in [0, 0.1) is 12.7 Å². The second-order valence-corrected chi connectivity index (χ2v) is 6.47. The van der Waals surface area contributed by atoms with E-state index in [0.29, 0.717) is 10.1 Å². The number of nitrogens with zero attached hydrogens (tertiary/aromatic N) is 4. The number of halogens is 4. The van der Waals surface area contributed by atoms with E-state index in [2.05, 4.69) is 20.4 Å². The number of benzene rings is 2. The van der Waals surface area contributed by atoms with Gasteiger partial charge in [0.25, 0.3) is 11.7 Å². The standard InChI is InChI=1S/C20H13F4N5O/c1-11-6-8-12(9-7-11)15-10-16(20(22,23)24)29-19(26-15)27-17(28-29)18(30)25-14-5-3-2-4-13(14)21/h2-10H,1H3,(H,25,30). The lowest BCUT2D eigenvalue weighted by Crippen LogP contribution is -2.16. The molecule has 2 aromatic heterocycles. The van der Waals surface area contributed by atoms with E-state index in [-0.39, 0.29) is 11.4 Å². The van der Waals surface area contributed by atoms with Crippen LogP contribution in [-0.2, 0) is 6.18 Å². The Kier molecular flexibility index (Phi) is 4.69. The maximum Gasteiger partial charge on any atom is 0.433 e. The number of para-hydroxylation sites is 1. The summed E-state index contributed by atoms with van der Waals surface area (Å²) in [6, 6.07) is 12.9. The average molecular weight is 415 g/mol. The van der Waals surface area contributed by atoms with Gasteiger partial charge in [-0.3, -0.25) is 4.79 Å². The summed E-state index contributed by atoms with van der Waals surface area (Å²) in [6.45, 7) is 1.85. The Hall–Kier alpha value is -3.82. The summed E-state index contributed by atoms with van der Waals surface area (Å²) in [5, 5.41) is 5.88. The molecule has 10 heteroatoms. The molecule has 0 aliphatic rings. The zero-order valence-electron chi connectivity index (χ0n) is 15.4. The highest BCUT2D eigenvalue weighted by atomic mass is 19.4. The molecular weight excluding hydrogens is 402 g/mol. The summed E-state index contributed by atoms with van der Waals surface area (Å²) >= 11 is 0. The molecule has 0 radical (unpaired) electrons. The van der Waals surface area contributed by atoms with Crippen molar-refractivity contribution in [2.45, 2.75) is 13.1 Å². The molecule has 0 unspecified atom stereocenters. The number of fused-ring (bicyclic) bond motifs is 1. The molecule has 0 saturated carbocycles. The van der Waals surface area contributed by atoms with E-state index < -0.39 is 35.2 Å². The molecule has 0 fully saturated rings. The van der Waals surface area contributed by atoms with Crippen LogP contribution in [0.5, 0.6) is 0 Å². The van der Waals surface area contributed by atoms with Crippen molar-refractivity contribution >= 4 is 17.4 Å². The van der Waals surface area contributed by atoms with Crippen LogP contribution in [0.3, 0.4) is 0 Å². The fourth-order valence-electron chi connectivity index (χ4n) is 2.78. The number of rotatable bonds is 3. The first-order valence-electron chi connectivity index (χ1n) is 8.70. The molecule has 2 heterocycles. The molecule has 152 valence electrons. The van der Waals surface area contributed by atoms with Gasteiger partial charge in [-0.2, -0.15) is 22.7 Å². The molecule has 0 atom stereocenters. The van der Waals surface area contributed by atoms with Crippen molar-refractivity contribution in [3.63, 3.8) is 0 Å². The smallest absolute Gasteiger partial charge is 0.317 e. The average Bonchev–Trinajstić information content (AvgIpc) is 3.13. The second-order valence-electron chi connectivity index (χ2n) is 6.47. The molecule has 1 amide bonds. The van der Waals surface area contributed by atoms with Gasteiger partial charge in [-0.05, 0) is 25.1 Å². The largest absolute Gasteiger partial charge is 0.433 e. The third-order valence-electron chi connectivity index (χ3n) is 4.28. The molecular formula is C20H13F4N5O. The number of carbonyl (C=O) groups is 1. The zero-order chi connectivity index (χ0) is 21.5. The summed E-state index contributed by atoms with van der Waals surface area (Å²) in [6.07, 6.45) is -4.77. The Labute approximate surface area is 167 Å². The van der Waals surface area contributed by atoms with Crippen molar-refractivity contribution in [3.8, 4) is 11.3 Å². The molecule has 0 aliphatic heterocycles. The molecule has 0 spiro atoms. The van der Waals surface area contributed by atoms with Gasteiger partial charge in [0.15, 0.2) is 5.69 Å². The number of aromatic nitrogens is 4. The van der Waals surface area contributed by atoms with Crippen LogP contribution >= 0.6 is 0 Å². The summed E-state index contributed by atoms with van der Waals surface area (Å²) in [4.78, 5) is 20.3. The first-order chi connectivity index (χ1) is 14.2. The maximum absolute atomic E-state index is 13.7. The molecule has 30 heavy (non-hydrogen) atoms. The van der Waals surface area contributed by atoms with Crippen LogP contribution in [-0.4, -0.2) is 25.5 Å². The SMILES string of the molecule is Cc1ccc(-c2cc(C(F)(F)F)n3nc(C(=O)Nc4ccccc4F)nc3n2)cc1. The second kappa shape index (κ2) is 7.21. The number of aryl methyl sites for hydroxylation is 1. The van der Waals surface area contributed by atoms with Gasteiger partial charge >= 0.3 is 6.18 Å². The number of amides is 1. The lowest BCUT2D eigenvalue weighted by Gasteiger charge is -2.10. The monoisotopic (exact) mass is 415 g/mol. The van der Waals surface area contributed by atoms with Crippen LogP contribution in [0.4, 0.5) is 23.2 Å². The van der Waals surface area contributed by atoms with Crippen molar-refractivity contribution < 1.29 is 22.4 Å². The van der Waals surface area contributed by atoms with E-state index in [0.717, 1.165) is 17.7 Å². The highest BCUT2D eigenvalue weighted by Crippen LogP contribution is 2.32. The Balaban J connectivity index is 1.80. The predicted octanol–water partition coefficient (Wildman–Crippen LogP) is 4.51. The minimum Gasteiger partial charge on any atom is -0.317 e. The Morgan fingerprint density at radius 3 is 2.40 bits per heavy atom. The summed E-state index contributed by atoms with van der Waals surface area (Å²) in [7, 11) is 0. The van der Waals surface area contributed by atoms with Crippen molar-refractivity contribution in [3.05, 3.63) is 77.5 Å². The Morgan fingerprint density at radius 2 is 1.73 bits per heavy atom. The quantitative estimate of drug-likeness (QED) is 0.500. The van der Waals surface area contributed by atoms with E-state index in [9.17, 15) is 22.4 Å². The lowest BCUT2D eigenvalue weighted by molar-refractivity contribution is -0.142. The molecule has 0 aliphatic carbocycles. The third-order valence-corrected chi connectivity index (χ3v) is 4.28. The maximum atomic E-state index is 13.7. The predicted molar refractivity (Wildman–Crippen MR) is 100 cm³/mol. The number of hydrogen-bond donors (Lipinski definition) is 1. The number of anilines is 1. The minimum atomic E-state index is -4.77. The van der Waals surface area contributed by atoms with Gasteiger partial charge < -0.3 is 5.32 Å². The normalized spacial score (nSPS) is 11.6. The number of hydrogen-bond acceptors (Lipinski definition) is 4. The van der Waals surface area contributed by atoms with Crippen LogP contribution in [0.1, 0.15) is 21.9 Å². The molecule has 2 aromatic carbocycles. The molecule has 0 saturated heterocycles. The highest BCUT2D eigenvalue weighted by molar-refractivity contribution is 6.01. The van der Waals surface area contributed by atoms with E-state index in [1.165, 1.54) is 18.2 Å². The third kappa shape index (κ3) is 3.71. The number of carbonyl (C=O) groups excluding carboxylic acids is 1. The van der Waals surface area contributed by atoms with Crippen molar-refractivity contribution in [1.29, 1.82) is 0 Å². The number of nitrogens with one attached hydrogen (secondary N) is 1. The summed E-state index contributed by atoms with van der Waals surface area (Å²) < 4.78 is 55.1. The number of alkyl halides is 3. The van der Waals surface area contributed by atoms with Crippen LogP contribution in [0.15, 0.2) is 54.6 Å². The van der Waals surface area contributed by atoms with E-state index in [1.807, 2.05) is 6.92 Å². The molecule has 0 bridgehead atoms. The first kappa shape index (κ1) is 19.5. The minimum absolute atomic E-state index is 0.0308. The fraction of sp³-hybridized carbons (Fsp3) is 0.100. The Bertz CT molecular complexity index is 1250. The molecule has 4 rings (SSSR count). The van der Waals surface area contributed by atoms with Gasteiger partial charge in [0.1, 0.15) is 5.82 Å². The van der Waals surface area contributed by atoms with Gasteiger partial charge in [-0.15, -0.1) is 5.10 Å². The summed E-state index contributed by atoms with van der Waals surface area (Å²) in [5.74, 6) is -2.64. The fourth-order valence-corrected chi connectivity index (χ4v) is 2.78. The van der Waals surface area contributed by atoms with E-state index in [1.54, 1.807) is 24.3 Å². The molecule has 6 nitrogen and oxygen atoms in total. The van der Waals surface area contributed by atoms with Crippen molar-refractivity contribution in [2.24, 2.45) is 0 Å². The van der Waals surface area contributed by atoms with Crippen molar-refractivity contribution in [1.82, 2.24) is 19.6 Å². The van der Waals surface area contributed by atoms with Gasteiger partial charge in [-0.1, -0.05) is 42.0 Å². The van der Waals surface area contributed by atoms with Crippen molar-refractivity contribution in [2.75, 3.05) is 5.32 Å². The van der Waals surface area contributed by atoms with Crippen LogP contribution in [0.25, 0.3) is 17.0 Å². The van der Waals surface area contributed by atoms with Gasteiger partial charge in [0.2, 0.25) is 5.82 Å². The van der Waals surface area contributed by atoms with Crippen LogP contribution in [0.2, 0.25) is 0 Å².